The molecular weight excluding hydrogens is 1020 g/mol. The van der Waals surface area contributed by atoms with Gasteiger partial charge in [-0.15, -0.1) is 0 Å². The first kappa shape index (κ1) is 73.9. The number of esters is 3. The van der Waals surface area contributed by atoms with Gasteiger partial charge in [-0.05, 0) is 122 Å². The normalized spacial score (nSPS) is 18.7. The minimum absolute atomic E-state index is 0.0750. The summed E-state index contributed by atoms with van der Waals surface area (Å²) in [5.74, 6) is -3.29. The number of hydrogen-bond donors (Lipinski definition) is 3. The zero-order valence-electron chi connectivity index (χ0n) is 50.2. The van der Waals surface area contributed by atoms with Gasteiger partial charge in [-0.1, -0.05) is 219 Å². The molecule has 0 bridgehead atoms. The number of carbonyl (C=O) groups is 4. The van der Waals surface area contributed by atoms with E-state index < -0.39 is 67.3 Å². The standard InChI is InChI=1S/C69H108O12/c1-4-7-10-13-16-19-22-25-28-30-31-33-36-39-42-45-48-51-54-57-63(72)80-67-65(74)64(73)66(68(75)76)81-69(67)78-59-60(79-62(71)56-53-50-47-44-41-38-34-27-24-21-18-15-12-9-6-3)58-77-61(70)55-52-49-46-43-40-37-35-32-29-26-23-20-17-14-11-8-5-2/h7-8,10-11,16-17,19-20,25-29,31,33-35,37,39,42,48,51,60,64-67,69,73-74H,4-6,9,12-15,18,21-24,30,32,36,38,40-41,43-47,49-50,52-59H2,1-3H3,(H,75,76)/b10-7-,11-8-,19-16-,20-17-,28-25-,29-26-,33-31-,34-27-,37-35-,42-39-,51-48-. The summed E-state index contributed by atoms with van der Waals surface area (Å²) in [5.41, 5.74) is 0. The maximum atomic E-state index is 13.2. The third-order valence-corrected chi connectivity index (χ3v) is 13.2. The van der Waals surface area contributed by atoms with E-state index in [1.165, 1.54) is 38.5 Å². The fourth-order valence-electron chi connectivity index (χ4n) is 8.50. The SMILES string of the molecule is CC/C=C\C/C=C\C/C=C\C/C=C\C/C=C\C/C=C\CCC(=O)OC1C(OCC(COC(=O)CCCCCC/C=C\C/C=C\C/C=C\C/C=C\CC)OC(=O)CCCCCCC/C=C\CCCCCCCC)OC(C(=O)O)C(O)C1O. The number of aliphatic carboxylic acids is 1. The van der Waals surface area contributed by atoms with Crippen molar-refractivity contribution in [3.05, 3.63) is 134 Å². The molecule has 12 heteroatoms. The third-order valence-electron chi connectivity index (χ3n) is 13.2. The monoisotopic (exact) mass is 1130 g/mol. The molecule has 1 rings (SSSR count). The molecule has 1 fully saturated rings. The van der Waals surface area contributed by atoms with Crippen molar-refractivity contribution in [3.63, 3.8) is 0 Å². The molecule has 456 valence electrons. The highest BCUT2D eigenvalue weighted by Crippen LogP contribution is 2.26. The Morgan fingerprint density at radius 1 is 0.420 bits per heavy atom. The molecule has 0 amide bonds. The average Bonchev–Trinajstić information content (AvgIpc) is 3.54. The Hall–Kier alpha value is -5.14. The van der Waals surface area contributed by atoms with E-state index in [9.17, 15) is 34.5 Å². The maximum absolute atomic E-state index is 13.2. The van der Waals surface area contributed by atoms with Gasteiger partial charge in [-0.3, -0.25) is 14.4 Å². The summed E-state index contributed by atoms with van der Waals surface area (Å²) in [6, 6.07) is 0. The van der Waals surface area contributed by atoms with Crippen molar-refractivity contribution >= 4 is 23.9 Å². The van der Waals surface area contributed by atoms with Crippen molar-refractivity contribution < 1.29 is 58.2 Å². The average molecular weight is 1130 g/mol. The molecule has 6 unspecified atom stereocenters. The Kier molecular flexibility index (Phi) is 50.5. The van der Waals surface area contributed by atoms with Gasteiger partial charge in [0.25, 0.3) is 0 Å². The highest BCUT2D eigenvalue weighted by atomic mass is 16.7. The Bertz CT molecular complexity index is 1920. The molecule has 0 radical (unpaired) electrons. The van der Waals surface area contributed by atoms with Gasteiger partial charge >= 0.3 is 23.9 Å². The quantitative estimate of drug-likeness (QED) is 0.0228. The summed E-state index contributed by atoms with van der Waals surface area (Å²) >= 11 is 0. The first-order valence-electron chi connectivity index (χ1n) is 31.2. The van der Waals surface area contributed by atoms with Crippen LogP contribution in [0.4, 0.5) is 0 Å². The predicted molar refractivity (Wildman–Crippen MR) is 330 cm³/mol. The molecule has 0 aliphatic carbocycles. The Morgan fingerprint density at radius 3 is 1.25 bits per heavy atom. The number of carbonyl (C=O) groups excluding carboxylic acids is 3. The second kappa shape index (κ2) is 55.4. The van der Waals surface area contributed by atoms with Crippen LogP contribution in [0.3, 0.4) is 0 Å². The van der Waals surface area contributed by atoms with Gasteiger partial charge in [-0.2, -0.15) is 0 Å². The number of allylic oxidation sites excluding steroid dienone is 22. The molecule has 1 aliphatic heterocycles. The number of aliphatic hydroxyl groups excluding tert-OH is 2. The van der Waals surface area contributed by atoms with Crippen molar-refractivity contribution in [1.29, 1.82) is 0 Å². The van der Waals surface area contributed by atoms with Crippen LogP contribution in [-0.4, -0.2) is 89.2 Å². The molecule has 6 atom stereocenters. The fourth-order valence-corrected chi connectivity index (χ4v) is 8.50. The predicted octanol–water partition coefficient (Wildman–Crippen LogP) is 16.6. The van der Waals surface area contributed by atoms with Crippen molar-refractivity contribution in [3.8, 4) is 0 Å². The number of carboxylic acid groups (broad SMARTS) is 1. The molecule has 0 saturated carbocycles. The number of aliphatic hydroxyl groups is 2. The molecular formula is C69H108O12. The van der Waals surface area contributed by atoms with E-state index >= 15 is 0 Å². The summed E-state index contributed by atoms with van der Waals surface area (Å²) in [7, 11) is 0. The molecule has 0 aromatic rings. The third kappa shape index (κ3) is 45.1. The number of carboxylic acids is 1. The van der Waals surface area contributed by atoms with Crippen LogP contribution in [0.5, 0.6) is 0 Å². The number of unbranched alkanes of at least 4 members (excludes halogenated alkanes) is 15. The minimum Gasteiger partial charge on any atom is -0.479 e. The molecule has 12 nitrogen and oxygen atoms in total. The molecule has 81 heavy (non-hydrogen) atoms. The first-order valence-corrected chi connectivity index (χ1v) is 31.2. The van der Waals surface area contributed by atoms with Gasteiger partial charge in [0.15, 0.2) is 24.6 Å². The molecule has 1 heterocycles. The first-order chi connectivity index (χ1) is 39.6. The topological polar surface area (TPSA) is 175 Å². The van der Waals surface area contributed by atoms with Crippen LogP contribution >= 0.6 is 0 Å². The van der Waals surface area contributed by atoms with E-state index in [2.05, 4.69) is 136 Å². The van der Waals surface area contributed by atoms with E-state index in [0.717, 1.165) is 122 Å². The molecule has 3 N–H and O–H groups in total. The van der Waals surface area contributed by atoms with Crippen LogP contribution < -0.4 is 0 Å². The largest absolute Gasteiger partial charge is 0.479 e. The van der Waals surface area contributed by atoms with Gasteiger partial charge in [0, 0.05) is 19.3 Å². The van der Waals surface area contributed by atoms with Crippen LogP contribution in [0.1, 0.15) is 226 Å². The van der Waals surface area contributed by atoms with Gasteiger partial charge < -0.3 is 39.0 Å². The van der Waals surface area contributed by atoms with E-state index in [4.69, 9.17) is 23.7 Å². The Labute approximate surface area is 490 Å². The lowest BCUT2D eigenvalue weighted by Crippen LogP contribution is -2.61. The highest BCUT2D eigenvalue weighted by molar-refractivity contribution is 5.74. The second-order valence-electron chi connectivity index (χ2n) is 20.6. The Morgan fingerprint density at radius 2 is 0.802 bits per heavy atom. The van der Waals surface area contributed by atoms with E-state index in [1.807, 2.05) is 18.2 Å². The van der Waals surface area contributed by atoms with E-state index in [-0.39, 0.29) is 25.9 Å². The summed E-state index contributed by atoms with van der Waals surface area (Å²) in [5, 5.41) is 31.5. The number of ether oxygens (including phenoxy) is 5. The smallest absolute Gasteiger partial charge is 0.335 e. The fraction of sp³-hybridized carbons (Fsp3) is 0.623. The highest BCUT2D eigenvalue weighted by Gasteiger charge is 2.50. The summed E-state index contributed by atoms with van der Waals surface area (Å²) in [6.07, 6.45) is 65.6. The van der Waals surface area contributed by atoms with Crippen LogP contribution in [-0.2, 0) is 42.9 Å². The summed E-state index contributed by atoms with van der Waals surface area (Å²) in [4.78, 5) is 51.2. The molecule has 1 aliphatic rings. The van der Waals surface area contributed by atoms with Crippen LogP contribution in [0.2, 0.25) is 0 Å². The van der Waals surface area contributed by atoms with Crippen LogP contribution in [0.25, 0.3) is 0 Å². The molecule has 0 aromatic carbocycles. The number of hydrogen-bond acceptors (Lipinski definition) is 11. The van der Waals surface area contributed by atoms with Gasteiger partial charge in [0.05, 0.1) is 6.61 Å². The van der Waals surface area contributed by atoms with Gasteiger partial charge in [-0.25, -0.2) is 4.79 Å². The second-order valence-corrected chi connectivity index (χ2v) is 20.6. The van der Waals surface area contributed by atoms with Gasteiger partial charge in [0.2, 0.25) is 0 Å². The van der Waals surface area contributed by atoms with Crippen molar-refractivity contribution in [1.82, 2.24) is 0 Å². The zero-order valence-corrected chi connectivity index (χ0v) is 50.2. The lowest BCUT2D eigenvalue weighted by molar-refractivity contribution is -0.301. The van der Waals surface area contributed by atoms with Crippen molar-refractivity contribution in [2.45, 2.75) is 263 Å². The van der Waals surface area contributed by atoms with Crippen LogP contribution in [0, 0.1) is 0 Å². The lowest BCUT2D eigenvalue weighted by Gasteiger charge is -2.40. The zero-order chi connectivity index (χ0) is 58.9. The molecule has 0 spiro atoms. The molecule has 0 aromatic heterocycles. The van der Waals surface area contributed by atoms with Crippen molar-refractivity contribution in [2.75, 3.05) is 13.2 Å². The number of rotatable bonds is 51. The minimum atomic E-state index is -1.94. The van der Waals surface area contributed by atoms with Crippen LogP contribution in [0.15, 0.2) is 134 Å². The maximum Gasteiger partial charge on any atom is 0.335 e. The Balaban J connectivity index is 2.75. The van der Waals surface area contributed by atoms with Crippen molar-refractivity contribution in [2.24, 2.45) is 0 Å². The summed E-state index contributed by atoms with van der Waals surface area (Å²) < 4.78 is 28.4. The molecule has 1 saturated heterocycles. The van der Waals surface area contributed by atoms with E-state index in [1.54, 1.807) is 0 Å². The lowest BCUT2D eigenvalue weighted by atomic mass is 9.98. The summed E-state index contributed by atoms with van der Waals surface area (Å²) in [6.45, 7) is 5.70. The van der Waals surface area contributed by atoms with E-state index in [0.29, 0.717) is 25.7 Å². The van der Waals surface area contributed by atoms with Gasteiger partial charge in [0.1, 0.15) is 18.8 Å².